The highest BCUT2D eigenvalue weighted by atomic mass is 79.9. The number of amides is 1. The molecule has 2 aromatic carbocycles. The summed E-state index contributed by atoms with van der Waals surface area (Å²) >= 11 is 3.39. The van der Waals surface area contributed by atoms with Gasteiger partial charge in [-0.25, -0.2) is 4.79 Å². The van der Waals surface area contributed by atoms with Crippen molar-refractivity contribution in [3.63, 3.8) is 0 Å². The zero-order chi connectivity index (χ0) is 15.9. The van der Waals surface area contributed by atoms with Crippen molar-refractivity contribution in [2.75, 3.05) is 6.54 Å². The maximum atomic E-state index is 10.4. The monoisotopic (exact) mass is 365 g/mol. The number of ether oxygens (including phenoxy) is 2. The third-order valence-electron chi connectivity index (χ3n) is 2.73. The molecule has 0 aliphatic carbocycles. The average Bonchev–Trinajstić information content (AvgIpc) is 2.47. The van der Waals surface area contributed by atoms with E-state index < -0.39 is 6.09 Å². The molecule has 1 amide bonds. The van der Waals surface area contributed by atoms with Crippen LogP contribution in [-0.2, 0) is 0 Å². The van der Waals surface area contributed by atoms with E-state index in [1.165, 1.54) is 0 Å². The lowest BCUT2D eigenvalue weighted by atomic mass is 10.3. The van der Waals surface area contributed by atoms with E-state index in [9.17, 15) is 4.79 Å². The molecule has 0 aliphatic rings. The van der Waals surface area contributed by atoms with E-state index in [1.54, 1.807) is 31.2 Å². The zero-order valence-corrected chi connectivity index (χ0v) is 13.5. The smallest absolute Gasteiger partial charge is 0.404 e. The first kappa shape index (κ1) is 16.2. The Labute approximate surface area is 137 Å². The minimum atomic E-state index is -1.06. The Morgan fingerprint density at radius 2 is 1.86 bits per heavy atom. The number of rotatable bonds is 6. The number of halogens is 1. The third kappa shape index (κ3) is 5.29. The van der Waals surface area contributed by atoms with Crippen molar-refractivity contribution in [3.8, 4) is 17.2 Å². The number of carboxylic acid groups (broad SMARTS) is 1. The van der Waals surface area contributed by atoms with Crippen molar-refractivity contribution < 1.29 is 19.4 Å². The summed E-state index contributed by atoms with van der Waals surface area (Å²) in [4.78, 5) is 10.4. The molecular formula is C16H16BrNO4. The Kier molecular flexibility index (Phi) is 5.66. The molecule has 0 radical (unpaired) electrons. The van der Waals surface area contributed by atoms with Crippen molar-refractivity contribution in [1.29, 1.82) is 0 Å². The maximum absolute atomic E-state index is 10.4. The molecule has 116 valence electrons. The molecule has 0 spiro atoms. The third-order valence-corrected chi connectivity index (χ3v) is 3.23. The second kappa shape index (κ2) is 7.70. The fourth-order valence-corrected chi connectivity index (χ4v) is 2.14. The molecule has 0 heterocycles. The molecule has 0 bridgehead atoms. The van der Waals surface area contributed by atoms with E-state index in [2.05, 4.69) is 21.2 Å². The molecule has 0 aliphatic heterocycles. The van der Waals surface area contributed by atoms with E-state index in [-0.39, 0.29) is 12.6 Å². The SMILES string of the molecule is CC(CNC(=O)O)Oc1ccc(Oc2cccc(Br)c2)cc1. The van der Waals surface area contributed by atoms with E-state index in [4.69, 9.17) is 14.6 Å². The van der Waals surface area contributed by atoms with Crippen molar-refractivity contribution in [2.45, 2.75) is 13.0 Å². The predicted molar refractivity (Wildman–Crippen MR) is 86.8 cm³/mol. The summed E-state index contributed by atoms with van der Waals surface area (Å²) in [7, 11) is 0. The molecule has 2 rings (SSSR count). The van der Waals surface area contributed by atoms with Gasteiger partial charge in [0.1, 0.15) is 23.4 Å². The Hall–Kier alpha value is -2.21. The molecule has 5 nitrogen and oxygen atoms in total. The molecule has 0 saturated heterocycles. The first-order chi connectivity index (χ1) is 10.5. The second-order valence-electron chi connectivity index (χ2n) is 4.65. The lowest BCUT2D eigenvalue weighted by Gasteiger charge is -2.14. The van der Waals surface area contributed by atoms with Crippen LogP contribution >= 0.6 is 15.9 Å². The van der Waals surface area contributed by atoms with Gasteiger partial charge in [-0.1, -0.05) is 22.0 Å². The maximum Gasteiger partial charge on any atom is 0.404 e. The zero-order valence-electron chi connectivity index (χ0n) is 12.0. The summed E-state index contributed by atoms with van der Waals surface area (Å²) in [5.41, 5.74) is 0. The summed E-state index contributed by atoms with van der Waals surface area (Å²) in [6, 6.07) is 14.7. The van der Waals surface area contributed by atoms with Crippen molar-refractivity contribution in [2.24, 2.45) is 0 Å². The average molecular weight is 366 g/mol. The van der Waals surface area contributed by atoms with Gasteiger partial charge in [0.2, 0.25) is 0 Å². The van der Waals surface area contributed by atoms with Gasteiger partial charge in [0.05, 0.1) is 6.54 Å². The van der Waals surface area contributed by atoms with E-state index >= 15 is 0 Å². The Bertz CT molecular complexity index is 630. The first-order valence-corrected chi connectivity index (χ1v) is 7.49. The first-order valence-electron chi connectivity index (χ1n) is 6.70. The number of nitrogens with one attached hydrogen (secondary N) is 1. The van der Waals surface area contributed by atoms with Gasteiger partial charge in [-0.05, 0) is 49.4 Å². The highest BCUT2D eigenvalue weighted by Crippen LogP contribution is 2.26. The molecule has 0 aromatic heterocycles. The summed E-state index contributed by atoms with van der Waals surface area (Å²) in [6.45, 7) is 2.02. The van der Waals surface area contributed by atoms with E-state index in [1.807, 2.05) is 24.3 Å². The molecule has 1 atom stereocenters. The summed E-state index contributed by atoms with van der Waals surface area (Å²) in [5, 5.41) is 10.8. The fraction of sp³-hybridized carbons (Fsp3) is 0.188. The Balaban J connectivity index is 1.91. The van der Waals surface area contributed by atoms with Crippen LogP contribution in [0.4, 0.5) is 4.79 Å². The largest absolute Gasteiger partial charge is 0.489 e. The molecule has 0 fully saturated rings. The van der Waals surface area contributed by atoms with Crippen molar-refractivity contribution in [1.82, 2.24) is 5.32 Å². The number of hydrogen-bond donors (Lipinski definition) is 2. The fourth-order valence-electron chi connectivity index (χ4n) is 1.76. The summed E-state index contributed by atoms with van der Waals surface area (Å²) in [5.74, 6) is 2.09. The molecule has 22 heavy (non-hydrogen) atoms. The van der Waals surface area contributed by atoms with Crippen molar-refractivity contribution >= 4 is 22.0 Å². The van der Waals surface area contributed by atoms with Crippen LogP contribution in [0.2, 0.25) is 0 Å². The molecular weight excluding hydrogens is 350 g/mol. The molecule has 0 saturated carbocycles. The minimum absolute atomic E-state index is 0.228. The summed E-state index contributed by atoms with van der Waals surface area (Å²) in [6.07, 6.45) is -1.32. The standard InChI is InChI=1S/C16H16BrNO4/c1-11(10-18-16(19)20)21-13-5-7-14(8-6-13)22-15-4-2-3-12(17)9-15/h2-9,11,18H,10H2,1H3,(H,19,20). The van der Waals surface area contributed by atoms with Crippen LogP contribution in [0.5, 0.6) is 17.2 Å². The number of benzene rings is 2. The lowest BCUT2D eigenvalue weighted by molar-refractivity contribution is 0.178. The van der Waals surface area contributed by atoms with Gasteiger partial charge in [-0.15, -0.1) is 0 Å². The van der Waals surface area contributed by atoms with E-state index in [0.717, 1.165) is 10.2 Å². The minimum Gasteiger partial charge on any atom is -0.489 e. The number of carbonyl (C=O) groups is 1. The molecule has 2 N–H and O–H groups in total. The van der Waals surface area contributed by atoms with E-state index in [0.29, 0.717) is 11.5 Å². The highest BCUT2D eigenvalue weighted by molar-refractivity contribution is 9.10. The van der Waals surface area contributed by atoms with Crippen LogP contribution in [0.3, 0.4) is 0 Å². The molecule has 6 heteroatoms. The van der Waals surface area contributed by atoms with Gasteiger partial charge in [0, 0.05) is 4.47 Å². The Morgan fingerprint density at radius 1 is 1.18 bits per heavy atom. The van der Waals surface area contributed by atoms with Crippen LogP contribution < -0.4 is 14.8 Å². The lowest BCUT2D eigenvalue weighted by Crippen LogP contribution is -2.32. The normalized spacial score (nSPS) is 11.5. The van der Waals surface area contributed by atoms with Gasteiger partial charge >= 0.3 is 6.09 Å². The molecule has 2 aromatic rings. The van der Waals surface area contributed by atoms with Gasteiger partial charge in [-0.2, -0.15) is 0 Å². The van der Waals surface area contributed by atoms with Crippen LogP contribution in [0.15, 0.2) is 53.0 Å². The topological polar surface area (TPSA) is 67.8 Å². The van der Waals surface area contributed by atoms with Crippen molar-refractivity contribution in [3.05, 3.63) is 53.0 Å². The van der Waals surface area contributed by atoms with Gasteiger partial charge in [-0.3, -0.25) is 0 Å². The van der Waals surface area contributed by atoms with Gasteiger partial charge < -0.3 is 19.9 Å². The highest BCUT2D eigenvalue weighted by Gasteiger charge is 2.06. The number of hydrogen-bond acceptors (Lipinski definition) is 3. The predicted octanol–water partition coefficient (Wildman–Crippen LogP) is 4.28. The van der Waals surface area contributed by atoms with Crippen LogP contribution in [-0.4, -0.2) is 23.8 Å². The van der Waals surface area contributed by atoms with Gasteiger partial charge in [0.25, 0.3) is 0 Å². The molecule has 1 unspecified atom stereocenters. The van der Waals surface area contributed by atoms with Crippen LogP contribution in [0.25, 0.3) is 0 Å². The summed E-state index contributed by atoms with van der Waals surface area (Å²) < 4.78 is 12.3. The van der Waals surface area contributed by atoms with Crippen LogP contribution in [0.1, 0.15) is 6.92 Å². The second-order valence-corrected chi connectivity index (χ2v) is 5.56. The van der Waals surface area contributed by atoms with Gasteiger partial charge in [0.15, 0.2) is 0 Å². The van der Waals surface area contributed by atoms with Crippen LogP contribution in [0, 0.1) is 0 Å². The quantitative estimate of drug-likeness (QED) is 0.801. The Morgan fingerprint density at radius 3 is 2.50 bits per heavy atom.